The van der Waals surface area contributed by atoms with Crippen LogP contribution in [0.1, 0.15) is 30.6 Å². The molecule has 1 N–H and O–H groups in total. The third-order valence-electron chi connectivity index (χ3n) is 3.82. The van der Waals surface area contributed by atoms with Crippen molar-refractivity contribution in [2.45, 2.75) is 26.1 Å². The summed E-state index contributed by atoms with van der Waals surface area (Å²) in [5, 5.41) is 10.2. The molecule has 0 heterocycles. The summed E-state index contributed by atoms with van der Waals surface area (Å²) in [5.74, 6) is 1.11. The summed E-state index contributed by atoms with van der Waals surface area (Å²) in [4.78, 5) is 0. The van der Waals surface area contributed by atoms with Crippen molar-refractivity contribution in [3.63, 3.8) is 0 Å². The highest BCUT2D eigenvalue weighted by atomic mass is 16.5. The number of benzene rings is 2. The first kappa shape index (κ1) is 18.2. The van der Waals surface area contributed by atoms with E-state index in [1.165, 1.54) is 5.56 Å². The molecule has 0 amide bonds. The van der Waals surface area contributed by atoms with E-state index in [0.29, 0.717) is 25.6 Å². The zero-order valence-electron chi connectivity index (χ0n) is 14.4. The number of aliphatic hydroxyl groups excluding tert-OH is 1. The van der Waals surface area contributed by atoms with E-state index in [4.69, 9.17) is 9.47 Å². The van der Waals surface area contributed by atoms with Gasteiger partial charge in [0, 0.05) is 0 Å². The molecular formula is C21H26O3. The molecule has 3 nitrogen and oxygen atoms in total. The fourth-order valence-electron chi connectivity index (χ4n) is 2.39. The van der Waals surface area contributed by atoms with Crippen LogP contribution in [0.15, 0.2) is 66.7 Å². The highest BCUT2D eigenvalue weighted by Crippen LogP contribution is 2.20. The van der Waals surface area contributed by atoms with Crippen LogP contribution in [0.5, 0.6) is 5.75 Å². The van der Waals surface area contributed by atoms with Crippen molar-refractivity contribution < 1.29 is 14.6 Å². The second-order valence-electron chi connectivity index (χ2n) is 5.93. The topological polar surface area (TPSA) is 38.7 Å². The van der Waals surface area contributed by atoms with Gasteiger partial charge in [0.15, 0.2) is 0 Å². The van der Waals surface area contributed by atoms with E-state index in [0.717, 1.165) is 11.3 Å². The molecule has 24 heavy (non-hydrogen) atoms. The number of aliphatic hydroxyl groups is 1. The molecule has 2 aromatic rings. The molecule has 0 spiro atoms. The number of ether oxygens (including phenoxy) is 2. The van der Waals surface area contributed by atoms with E-state index in [2.05, 4.69) is 25.1 Å². The van der Waals surface area contributed by atoms with E-state index in [9.17, 15) is 5.11 Å². The summed E-state index contributed by atoms with van der Waals surface area (Å²) < 4.78 is 10.8. The zero-order valence-corrected chi connectivity index (χ0v) is 14.4. The standard InChI is InChI=1S/C21H26O3/c1-17(15-24-16-18-8-4-3-5-9-18)7-6-10-21(22)19-11-13-20(23-2)14-12-19/h3-9,11-14,17,21-22H,10,15-16H2,1-2H3/b7-6+/t17-,21-/m0/s1. The van der Waals surface area contributed by atoms with Crippen LogP contribution in [0.3, 0.4) is 0 Å². The third kappa shape index (κ3) is 6.19. The Morgan fingerprint density at radius 3 is 2.42 bits per heavy atom. The molecule has 3 heteroatoms. The lowest BCUT2D eigenvalue weighted by Crippen LogP contribution is -2.03. The Morgan fingerprint density at radius 2 is 1.75 bits per heavy atom. The summed E-state index contributed by atoms with van der Waals surface area (Å²) in [7, 11) is 1.63. The highest BCUT2D eigenvalue weighted by Gasteiger charge is 2.06. The van der Waals surface area contributed by atoms with Gasteiger partial charge in [0.2, 0.25) is 0 Å². The van der Waals surface area contributed by atoms with Gasteiger partial charge < -0.3 is 14.6 Å². The summed E-state index contributed by atoms with van der Waals surface area (Å²) in [6.45, 7) is 3.42. The zero-order chi connectivity index (χ0) is 17.2. The van der Waals surface area contributed by atoms with Crippen molar-refractivity contribution in [2.24, 2.45) is 5.92 Å². The molecule has 0 aliphatic heterocycles. The molecule has 0 fully saturated rings. The first-order valence-corrected chi connectivity index (χ1v) is 8.29. The monoisotopic (exact) mass is 326 g/mol. The lowest BCUT2D eigenvalue weighted by molar-refractivity contribution is 0.104. The number of hydrogen-bond acceptors (Lipinski definition) is 3. The van der Waals surface area contributed by atoms with E-state index in [1.54, 1.807) is 7.11 Å². The van der Waals surface area contributed by atoms with E-state index >= 15 is 0 Å². The van der Waals surface area contributed by atoms with Gasteiger partial charge in [0.05, 0.1) is 26.4 Å². The Hall–Kier alpha value is -2.10. The molecule has 128 valence electrons. The Balaban J connectivity index is 1.69. The highest BCUT2D eigenvalue weighted by molar-refractivity contribution is 5.28. The van der Waals surface area contributed by atoms with Gasteiger partial charge in [-0.1, -0.05) is 61.5 Å². The molecule has 0 bridgehead atoms. The van der Waals surface area contributed by atoms with Crippen LogP contribution < -0.4 is 4.74 Å². The smallest absolute Gasteiger partial charge is 0.118 e. The maximum Gasteiger partial charge on any atom is 0.118 e. The van der Waals surface area contributed by atoms with Gasteiger partial charge in [0.1, 0.15) is 5.75 Å². The summed E-state index contributed by atoms with van der Waals surface area (Å²) >= 11 is 0. The van der Waals surface area contributed by atoms with Crippen LogP contribution >= 0.6 is 0 Å². The maximum atomic E-state index is 10.2. The minimum atomic E-state index is -0.496. The second-order valence-corrected chi connectivity index (χ2v) is 5.93. The van der Waals surface area contributed by atoms with Gasteiger partial charge in [-0.25, -0.2) is 0 Å². The maximum absolute atomic E-state index is 10.2. The Kier molecular flexibility index (Phi) is 7.53. The molecular weight excluding hydrogens is 300 g/mol. The van der Waals surface area contributed by atoms with E-state index < -0.39 is 6.10 Å². The largest absolute Gasteiger partial charge is 0.497 e. The van der Waals surface area contributed by atoms with E-state index in [1.807, 2.05) is 48.5 Å². The van der Waals surface area contributed by atoms with Crippen molar-refractivity contribution in [1.29, 1.82) is 0 Å². The van der Waals surface area contributed by atoms with Gasteiger partial charge in [-0.3, -0.25) is 0 Å². The van der Waals surface area contributed by atoms with Gasteiger partial charge in [0.25, 0.3) is 0 Å². The third-order valence-corrected chi connectivity index (χ3v) is 3.82. The lowest BCUT2D eigenvalue weighted by atomic mass is 10.0. The summed E-state index contributed by atoms with van der Waals surface area (Å²) in [5.41, 5.74) is 2.08. The number of hydrogen-bond donors (Lipinski definition) is 1. The van der Waals surface area contributed by atoms with Crippen LogP contribution in [-0.2, 0) is 11.3 Å². The Labute approximate surface area is 144 Å². The van der Waals surface area contributed by atoms with Crippen molar-refractivity contribution >= 4 is 0 Å². The molecule has 0 aromatic heterocycles. The fraction of sp³-hybridized carbons (Fsp3) is 0.333. The van der Waals surface area contributed by atoms with Crippen molar-refractivity contribution in [3.05, 3.63) is 77.9 Å². The van der Waals surface area contributed by atoms with Crippen LogP contribution in [0, 0.1) is 5.92 Å². The Morgan fingerprint density at radius 1 is 1.04 bits per heavy atom. The molecule has 0 aliphatic rings. The minimum Gasteiger partial charge on any atom is -0.497 e. The SMILES string of the molecule is COc1ccc([C@@H](O)C/C=C/[C@H](C)COCc2ccccc2)cc1. The van der Waals surface area contributed by atoms with Gasteiger partial charge in [-0.05, 0) is 35.6 Å². The first-order valence-electron chi connectivity index (χ1n) is 8.29. The average Bonchev–Trinajstić information content (AvgIpc) is 2.62. The second kappa shape index (κ2) is 9.91. The molecule has 0 radical (unpaired) electrons. The Bertz CT molecular complexity index is 605. The van der Waals surface area contributed by atoms with Crippen LogP contribution in [-0.4, -0.2) is 18.8 Å². The first-order chi connectivity index (χ1) is 11.7. The molecule has 2 aromatic carbocycles. The summed E-state index contributed by atoms with van der Waals surface area (Å²) in [6, 6.07) is 17.7. The predicted molar refractivity (Wildman–Crippen MR) is 97.0 cm³/mol. The van der Waals surface area contributed by atoms with E-state index in [-0.39, 0.29) is 0 Å². The molecule has 0 saturated carbocycles. The van der Waals surface area contributed by atoms with Gasteiger partial charge in [-0.2, -0.15) is 0 Å². The van der Waals surface area contributed by atoms with Crippen molar-refractivity contribution in [1.82, 2.24) is 0 Å². The van der Waals surface area contributed by atoms with Crippen LogP contribution in [0.2, 0.25) is 0 Å². The van der Waals surface area contributed by atoms with Gasteiger partial charge in [-0.15, -0.1) is 0 Å². The number of rotatable bonds is 9. The van der Waals surface area contributed by atoms with Crippen LogP contribution in [0.4, 0.5) is 0 Å². The van der Waals surface area contributed by atoms with Crippen molar-refractivity contribution in [3.8, 4) is 5.75 Å². The van der Waals surface area contributed by atoms with Crippen LogP contribution in [0.25, 0.3) is 0 Å². The predicted octanol–water partition coefficient (Wildman–Crippen LogP) is 4.53. The molecule has 2 atom stereocenters. The van der Waals surface area contributed by atoms with Crippen molar-refractivity contribution in [2.75, 3.05) is 13.7 Å². The summed E-state index contributed by atoms with van der Waals surface area (Å²) in [6.07, 6.45) is 4.21. The fourth-order valence-corrected chi connectivity index (χ4v) is 2.39. The quantitative estimate of drug-likeness (QED) is 0.688. The molecule has 0 unspecified atom stereocenters. The molecule has 0 aliphatic carbocycles. The molecule has 2 rings (SSSR count). The minimum absolute atomic E-state index is 0.316. The lowest BCUT2D eigenvalue weighted by Gasteiger charge is -2.11. The normalized spacial score (nSPS) is 13.8. The number of methoxy groups -OCH3 is 1. The average molecular weight is 326 g/mol. The van der Waals surface area contributed by atoms with Gasteiger partial charge >= 0.3 is 0 Å². The molecule has 0 saturated heterocycles.